The molecule has 102 heavy (non-hydrogen) atoms. The molecule has 7 unspecified atom stereocenters. The number of aliphatic carboxylic acids is 3. The molecular formula is C79H122N6O17. The Morgan fingerprint density at radius 3 is 1.31 bits per heavy atom. The number of hydrogen-bond donors (Lipinski definition) is 15. The number of rotatable bonds is 40. The Labute approximate surface area is 604 Å². The average Bonchev–Trinajstić information content (AvgIpc) is 0.832. The summed E-state index contributed by atoms with van der Waals surface area (Å²) in [6.45, 7) is 18.7. The largest absolute Gasteiger partial charge is 0.508 e. The van der Waals surface area contributed by atoms with Crippen LogP contribution < -0.4 is 41.4 Å². The normalized spacial score (nSPS) is 16.6. The molecule has 4 aromatic rings. The lowest BCUT2D eigenvalue weighted by molar-refractivity contribution is -0.140. The van der Waals surface area contributed by atoms with E-state index in [1.807, 2.05) is 75.4 Å². The number of phenols is 3. The van der Waals surface area contributed by atoms with E-state index in [0.717, 1.165) is 59.9 Å². The maximum Gasteiger partial charge on any atom is 0.305 e. The number of aryl methyl sites for hydroxylation is 2. The van der Waals surface area contributed by atoms with Crippen LogP contribution in [0.1, 0.15) is 218 Å². The van der Waals surface area contributed by atoms with Crippen molar-refractivity contribution in [1.29, 1.82) is 0 Å². The van der Waals surface area contributed by atoms with Gasteiger partial charge in [0.2, 0.25) is 17.7 Å². The first-order valence-corrected chi connectivity index (χ1v) is 36.7. The summed E-state index contributed by atoms with van der Waals surface area (Å²) in [5.74, 6) is -2.14. The van der Waals surface area contributed by atoms with Gasteiger partial charge in [0.05, 0.1) is 88.0 Å². The summed E-state index contributed by atoms with van der Waals surface area (Å²) in [7, 11) is 2.98. The molecule has 2 aliphatic carbocycles. The second-order valence-corrected chi connectivity index (χ2v) is 29.4. The molecule has 15 N–H and O–H groups in total. The number of carbonyl (C=O) groups is 6. The molecule has 0 bridgehead atoms. The number of aromatic hydroxyl groups is 3. The van der Waals surface area contributed by atoms with Gasteiger partial charge in [0.25, 0.3) is 0 Å². The van der Waals surface area contributed by atoms with Gasteiger partial charge in [0.15, 0.2) is 23.0 Å². The number of methoxy groups -OCH3 is 2. The summed E-state index contributed by atoms with van der Waals surface area (Å²) in [5.41, 5.74) is 4.25. The zero-order valence-corrected chi connectivity index (χ0v) is 62.3. The van der Waals surface area contributed by atoms with Crippen LogP contribution in [0.15, 0.2) is 84.9 Å². The van der Waals surface area contributed by atoms with Gasteiger partial charge < -0.3 is 87.3 Å². The van der Waals surface area contributed by atoms with Crippen molar-refractivity contribution < 1.29 is 84.2 Å². The van der Waals surface area contributed by atoms with Gasteiger partial charge in [0, 0.05) is 0 Å². The number of carbonyl (C=O) groups excluding carboxylic acids is 3. The molecule has 0 radical (unpaired) electrons. The van der Waals surface area contributed by atoms with Crippen LogP contribution in [-0.4, -0.2) is 170 Å². The highest BCUT2D eigenvalue weighted by atomic mass is 16.5. The predicted octanol–water partition coefficient (Wildman–Crippen LogP) is 10.2. The molecule has 0 heterocycles. The summed E-state index contributed by atoms with van der Waals surface area (Å²) in [6, 6.07) is 21.8. The lowest BCUT2D eigenvalue weighted by Crippen LogP contribution is -2.51. The lowest BCUT2D eigenvalue weighted by Gasteiger charge is -2.29. The minimum absolute atomic E-state index is 0.0601. The Morgan fingerprint density at radius 1 is 0.510 bits per heavy atom. The highest BCUT2D eigenvalue weighted by Gasteiger charge is 2.32. The van der Waals surface area contributed by atoms with Crippen molar-refractivity contribution in [2.45, 2.75) is 268 Å². The van der Waals surface area contributed by atoms with Crippen LogP contribution >= 0.6 is 0 Å². The molecule has 6 rings (SSSR count). The van der Waals surface area contributed by atoms with E-state index in [9.17, 15) is 74.7 Å². The van der Waals surface area contributed by atoms with Gasteiger partial charge in [-0.05, 0) is 185 Å². The minimum Gasteiger partial charge on any atom is -0.508 e. The highest BCUT2D eigenvalue weighted by Crippen LogP contribution is 2.36. The molecule has 4 aromatic carbocycles. The molecule has 0 saturated heterocycles. The van der Waals surface area contributed by atoms with Crippen molar-refractivity contribution >= 4 is 35.6 Å². The van der Waals surface area contributed by atoms with Gasteiger partial charge in [-0.15, -0.1) is 0 Å². The number of ether oxygens (including phenoxy) is 2. The number of carboxylic acid groups (broad SMARTS) is 3. The SMILES string of the molecule is CCC(CC(O)C(C)NC(=O)[C@H](CC(=O)O)NCCC(C)(C)c1ccc(O)c(C)c1)c1ccccc1.COc1ccc(C(C)(C)CCN[C@@H](CC(=O)O)C(=O)NC(C)C(O)CC2CCCCC2)cc1O.COc1ccc(CCCN[C@@H](CC(=O)O)C(=O)NC(C)C(O)CC2CCCCC2)cc1O. The summed E-state index contributed by atoms with van der Waals surface area (Å²) in [6.07, 6.45) is 13.9. The van der Waals surface area contributed by atoms with Gasteiger partial charge in [-0.25, -0.2) is 0 Å². The Hall–Kier alpha value is -7.54. The molecule has 0 spiro atoms. The second kappa shape index (κ2) is 44.2. The number of aliphatic hydroxyl groups excluding tert-OH is 3. The summed E-state index contributed by atoms with van der Waals surface area (Å²) in [5, 5.41) is 107. The molecule has 23 heteroatoms. The van der Waals surface area contributed by atoms with Gasteiger partial charge in [-0.3, -0.25) is 28.8 Å². The average molecular weight is 1430 g/mol. The number of amides is 3. The third kappa shape index (κ3) is 30.8. The molecule has 2 saturated carbocycles. The molecule has 0 aromatic heterocycles. The molecule has 3 amide bonds. The monoisotopic (exact) mass is 1430 g/mol. The summed E-state index contributed by atoms with van der Waals surface area (Å²) < 4.78 is 10.1. The van der Waals surface area contributed by atoms with Crippen LogP contribution in [0.4, 0.5) is 0 Å². The van der Waals surface area contributed by atoms with E-state index in [4.69, 9.17) is 9.47 Å². The fourth-order valence-electron chi connectivity index (χ4n) is 13.3. The minimum atomic E-state index is -1.07. The molecule has 10 atom stereocenters. The summed E-state index contributed by atoms with van der Waals surface area (Å²) >= 11 is 0. The van der Waals surface area contributed by atoms with E-state index >= 15 is 0 Å². The Kier molecular flexibility index (Phi) is 37.6. The molecule has 23 nitrogen and oxygen atoms in total. The number of nitrogens with one attached hydrogen (secondary N) is 6. The van der Waals surface area contributed by atoms with Crippen LogP contribution in [0, 0.1) is 18.8 Å². The Bertz CT molecular complexity index is 3190. The van der Waals surface area contributed by atoms with E-state index in [0.29, 0.717) is 87.9 Å². The van der Waals surface area contributed by atoms with E-state index < -0.39 is 90.2 Å². The zero-order chi connectivity index (χ0) is 75.7. The van der Waals surface area contributed by atoms with Crippen molar-refractivity contribution in [1.82, 2.24) is 31.9 Å². The Balaban J connectivity index is 0.000000325. The van der Waals surface area contributed by atoms with Crippen LogP contribution in [0.3, 0.4) is 0 Å². The molecule has 570 valence electrons. The van der Waals surface area contributed by atoms with Crippen molar-refractivity contribution in [2.75, 3.05) is 33.9 Å². The topological polar surface area (TPSA) is 375 Å². The maximum atomic E-state index is 13.0. The fraction of sp³-hybridized carbons (Fsp3) is 0.620. The van der Waals surface area contributed by atoms with Crippen LogP contribution in [0.5, 0.6) is 28.7 Å². The molecule has 2 fully saturated rings. The van der Waals surface area contributed by atoms with Crippen molar-refractivity contribution in [3.05, 3.63) is 113 Å². The number of phenolic OH excluding ortho intramolecular Hbond substituents is 3. The lowest BCUT2D eigenvalue weighted by atomic mass is 9.81. The van der Waals surface area contributed by atoms with Gasteiger partial charge in [-0.1, -0.05) is 153 Å². The fourth-order valence-corrected chi connectivity index (χ4v) is 13.3. The first kappa shape index (κ1) is 86.9. The number of hydrogen-bond acceptors (Lipinski definition) is 17. The molecule has 0 aliphatic heterocycles. The quantitative estimate of drug-likeness (QED) is 0.0184. The molecular weight excluding hydrogens is 1300 g/mol. The smallest absolute Gasteiger partial charge is 0.305 e. The summed E-state index contributed by atoms with van der Waals surface area (Å²) in [4.78, 5) is 72.5. The first-order chi connectivity index (χ1) is 48.3. The van der Waals surface area contributed by atoms with Gasteiger partial charge in [0.1, 0.15) is 5.75 Å². The third-order valence-corrected chi connectivity index (χ3v) is 20.3. The van der Waals surface area contributed by atoms with Crippen molar-refractivity contribution in [3.63, 3.8) is 0 Å². The van der Waals surface area contributed by atoms with Crippen molar-refractivity contribution in [2.24, 2.45) is 11.8 Å². The van der Waals surface area contributed by atoms with Gasteiger partial charge >= 0.3 is 17.9 Å². The van der Waals surface area contributed by atoms with Crippen LogP contribution in [0.25, 0.3) is 0 Å². The van der Waals surface area contributed by atoms with E-state index in [1.54, 1.807) is 51.1 Å². The van der Waals surface area contributed by atoms with E-state index in [2.05, 4.69) is 52.7 Å². The number of benzene rings is 4. The Morgan fingerprint density at radius 2 is 0.912 bits per heavy atom. The zero-order valence-electron chi connectivity index (χ0n) is 62.3. The molecule has 2 aliphatic rings. The maximum absolute atomic E-state index is 13.0. The number of aliphatic hydroxyl groups is 3. The van der Waals surface area contributed by atoms with E-state index in [-0.39, 0.29) is 53.3 Å². The second-order valence-electron chi connectivity index (χ2n) is 29.4. The predicted molar refractivity (Wildman–Crippen MR) is 395 cm³/mol. The van der Waals surface area contributed by atoms with E-state index in [1.165, 1.54) is 52.7 Å². The van der Waals surface area contributed by atoms with Crippen LogP contribution in [0.2, 0.25) is 0 Å². The van der Waals surface area contributed by atoms with Crippen molar-refractivity contribution in [3.8, 4) is 28.7 Å². The van der Waals surface area contributed by atoms with Crippen LogP contribution in [-0.2, 0) is 46.0 Å². The highest BCUT2D eigenvalue weighted by molar-refractivity contribution is 5.87. The third-order valence-electron chi connectivity index (χ3n) is 20.3. The number of carboxylic acids is 3. The van der Waals surface area contributed by atoms with Gasteiger partial charge in [-0.2, -0.15) is 0 Å². The standard InChI is InChI=1S/C29H42N2O5.C26H42N2O6.C24H38N2O6/c1-6-21(22-10-8-7-9-11-22)17-26(33)20(3)31-28(36)24(18-27(34)35)30-15-14-29(4,5)23-12-13-25(32)19(2)16-23;1-17(21(29)14-18-8-6-5-7-9-18)28-25(33)20(16-24(31)32)27-13-12-26(2,3)19-10-11-23(34-4)22(30)15-19;1-16(20(27)13-17-7-4-3-5-8-17)26-24(31)19(15-23(29)30)25-12-6-9-18-10-11-22(32-2)21(28)14-18/h7-13,16,20-21,24,26,30,32-33H,6,14-15,17-18H2,1-5H3,(H,31,36)(H,34,35);10-11,15,17-18,20-21,27,29-30H,5-9,12-14,16H2,1-4H3,(H,28,33)(H,31,32);10-11,14,16-17,19-20,25,27-28H,3-9,12-13,15H2,1-2H3,(H,26,31)(H,29,30)/t20?,21?,24-,26?;17?,20-,21?;16?,19-,20?/m000/s1. The first-order valence-electron chi connectivity index (χ1n) is 36.7.